The molecule has 0 saturated heterocycles. The molecular formula is C13H17N7OS. The third-order valence-corrected chi connectivity index (χ3v) is 4.30. The zero-order valence-electron chi connectivity index (χ0n) is 12.7. The van der Waals surface area contributed by atoms with Crippen LogP contribution in [0, 0.1) is 13.8 Å². The Balaban J connectivity index is 1.68. The molecule has 0 spiro atoms. The van der Waals surface area contributed by atoms with Crippen LogP contribution in [0.15, 0.2) is 6.20 Å². The van der Waals surface area contributed by atoms with Crippen molar-refractivity contribution in [2.24, 2.45) is 0 Å². The molecule has 1 N–H and O–H groups in total. The van der Waals surface area contributed by atoms with Crippen LogP contribution in [0.1, 0.15) is 28.0 Å². The highest BCUT2D eigenvalue weighted by atomic mass is 32.1. The Morgan fingerprint density at radius 2 is 2.14 bits per heavy atom. The Labute approximate surface area is 131 Å². The standard InChI is InChI=1S/C13H17N7OS/c1-4-19-10-7-15-20(11(10)8(2)17-19)6-5-14-13(21)12-9(3)16-18-22-12/h7H,4-6H2,1-3H3,(H,14,21). The Bertz CT molecular complexity index is 816. The molecule has 3 heterocycles. The number of aromatic nitrogens is 6. The van der Waals surface area contributed by atoms with Crippen LogP contribution in [-0.4, -0.2) is 41.6 Å². The number of fused-ring (bicyclic) bond motifs is 1. The SMILES string of the molecule is CCn1nc(C)c2c1cnn2CCNC(=O)c1snnc1C. The van der Waals surface area contributed by atoms with E-state index in [9.17, 15) is 4.79 Å². The quantitative estimate of drug-likeness (QED) is 0.762. The number of rotatable bonds is 5. The van der Waals surface area contributed by atoms with Crippen LogP contribution in [0.5, 0.6) is 0 Å². The van der Waals surface area contributed by atoms with Crippen molar-refractivity contribution in [3.8, 4) is 0 Å². The smallest absolute Gasteiger partial charge is 0.265 e. The van der Waals surface area contributed by atoms with E-state index in [2.05, 4.69) is 32.0 Å². The zero-order valence-corrected chi connectivity index (χ0v) is 13.5. The molecule has 0 unspecified atom stereocenters. The van der Waals surface area contributed by atoms with Gasteiger partial charge in [-0.15, -0.1) is 5.10 Å². The first-order valence-electron chi connectivity index (χ1n) is 7.08. The van der Waals surface area contributed by atoms with E-state index in [1.807, 2.05) is 22.5 Å². The van der Waals surface area contributed by atoms with E-state index in [-0.39, 0.29) is 5.91 Å². The van der Waals surface area contributed by atoms with Crippen molar-refractivity contribution in [1.82, 2.24) is 34.5 Å². The number of carbonyl (C=O) groups is 1. The average molecular weight is 319 g/mol. The van der Waals surface area contributed by atoms with Crippen molar-refractivity contribution < 1.29 is 4.79 Å². The van der Waals surface area contributed by atoms with Crippen LogP contribution >= 0.6 is 11.5 Å². The van der Waals surface area contributed by atoms with Crippen LogP contribution in [0.2, 0.25) is 0 Å². The lowest BCUT2D eigenvalue weighted by molar-refractivity contribution is 0.0955. The van der Waals surface area contributed by atoms with Crippen molar-refractivity contribution in [2.45, 2.75) is 33.9 Å². The highest BCUT2D eigenvalue weighted by Crippen LogP contribution is 2.17. The largest absolute Gasteiger partial charge is 0.349 e. The monoisotopic (exact) mass is 319 g/mol. The molecule has 116 valence electrons. The van der Waals surface area contributed by atoms with Crippen LogP contribution in [0.4, 0.5) is 0 Å². The van der Waals surface area contributed by atoms with Gasteiger partial charge in [0.05, 0.1) is 24.1 Å². The molecule has 3 aromatic heterocycles. The number of aryl methyl sites for hydroxylation is 3. The number of carbonyl (C=O) groups excluding carboxylic acids is 1. The maximum atomic E-state index is 12.0. The number of nitrogens with zero attached hydrogens (tertiary/aromatic N) is 6. The lowest BCUT2D eigenvalue weighted by Gasteiger charge is -2.05. The number of hydrogen-bond acceptors (Lipinski definition) is 6. The predicted molar refractivity (Wildman–Crippen MR) is 82.9 cm³/mol. The molecule has 3 rings (SSSR count). The fourth-order valence-electron chi connectivity index (χ4n) is 2.42. The second kappa shape index (κ2) is 5.84. The molecule has 0 aromatic carbocycles. The topological polar surface area (TPSA) is 90.5 Å². The first kappa shape index (κ1) is 14.6. The van der Waals surface area contributed by atoms with E-state index >= 15 is 0 Å². The summed E-state index contributed by atoms with van der Waals surface area (Å²) in [6, 6.07) is 0. The number of hydrogen-bond donors (Lipinski definition) is 1. The van der Waals surface area contributed by atoms with Gasteiger partial charge in [-0.05, 0) is 32.3 Å². The normalized spacial score (nSPS) is 11.2. The average Bonchev–Trinajstić information content (AvgIpc) is 3.17. The summed E-state index contributed by atoms with van der Waals surface area (Å²) >= 11 is 1.11. The Morgan fingerprint density at radius 1 is 1.32 bits per heavy atom. The van der Waals surface area contributed by atoms with Gasteiger partial charge in [0.15, 0.2) is 0 Å². The molecule has 0 aliphatic rings. The van der Waals surface area contributed by atoms with Gasteiger partial charge in [0.25, 0.3) is 5.91 Å². The first-order chi connectivity index (χ1) is 10.6. The molecule has 22 heavy (non-hydrogen) atoms. The van der Waals surface area contributed by atoms with Crippen molar-refractivity contribution in [3.63, 3.8) is 0 Å². The summed E-state index contributed by atoms with van der Waals surface area (Å²) in [6.07, 6.45) is 1.82. The second-order valence-electron chi connectivity index (χ2n) is 4.95. The minimum absolute atomic E-state index is 0.142. The maximum absolute atomic E-state index is 12.0. The third kappa shape index (κ3) is 2.47. The fourth-order valence-corrected chi connectivity index (χ4v) is 3.00. The zero-order chi connectivity index (χ0) is 15.7. The lowest BCUT2D eigenvalue weighted by Crippen LogP contribution is -2.27. The van der Waals surface area contributed by atoms with Gasteiger partial charge >= 0.3 is 0 Å². The van der Waals surface area contributed by atoms with Gasteiger partial charge in [-0.3, -0.25) is 14.2 Å². The molecule has 0 saturated carbocycles. The Kier molecular flexibility index (Phi) is 3.88. The molecule has 1 amide bonds. The molecule has 3 aromatic rings. The molecule has 9 heteroatoms. The number of amides is 1. The molecule has 0 bridgehead atoms. The maximum Gasteiger partial charge on any atom is 0.265 e. The summed E-state index contributed by atoms with van der Waals surface area (Å²) < 4.78 is 7.57. The van der Waals surface area contributed by atoms with E-state index in [0.717, 1.165) is 34.8 Å². The molecule has 0 radical (unpaired) electrons. The highest BCUT2D eigenvalue weighted by Gasteiger charge is 2.14. The van der Waals surface area contributed by atoms with Gasteiger partial charge in [0.2, 0.25) is 0 Å². The molecule has 0 aliphatic heterocycles. The van der Waals surface area contributed by atoms with E-state index < -0.39 is 0 Å². The first-order valence-corrected chi connectivity index (χ1v) is 7.85. The summed E-state index contributed by atoms with van der Waals surface area (Å²) in [5, 5.41) is 15.6. The van der Waals surface area contributed by atoms with Gasteiger partial charge in [-0.1, -0.05) is 4.49 Å². The Morgan fingerprint density at radius 3 is 2.82 bits per heavy atom. The predicted octanol–water partition coefficient (Wildman–Crippen LogP) is 1.15. The van der Waals surface area contributed by atoms with Crippen molar-refractivity contribution in [2.75, 3.05) is 6.54 Å². The molecule has 0 atom stereocenters. The van der Waals surface area contributed by atoms with E-state index in [1.165, 1.54) is 0 Å². The molecule has 0 fully saturated rings. The van der Waals surface area contributed by atoms with E-state index in [0.29, 0.717) is 23.7 Å². The summed E-state index contributed by atoms with van der Waals surface area (Å²) in [5.74, 6) is -0.142. The summed E-state index contributed by atoms with van der Waals surface area (Å²) in [5.41, 5.74) is 3.65. The fraction of sp³-hybridized carbons (Fsp3) is 0.462. The third-order valence-electron chi connectivity index (χ3n) is 3.48. The summed E-state index contributed by atoms with van der Waals surface area (Å²) in [7, 11) is 0. The van der Waals surface area contributed by atoms with Crippen molar-refractivity contribution >= 4 is 28.5 Å². The number of nitrogens with one attached hydrogen (secondary N) is 1. The van der Waals surface area contributed by atoms with Crippen LogP contribution in [0.25, 0.3) is 11.0 Å². The lowest BCUT2D eigenvalue weighted by atomic mass is 10.3. The van der Waals surface area contributed by atoms with Crippen LogP contribution < -0.4 is 5.32 Å². The van der Waals surface area contributed by atoms with Gasteiger partial charge < -0.3 is 5.32 Å². The molecule has 8 nitrogen and oxygen atoms in total. The summed E-state index contributed by atoms with van der Waals surface area (Å²) in [6.45, 7) is 7.69. The second-order valence-corrected chi connectivity index (χ2v) is 5.70. The van der Waals surface area contributed by atoms with Gasteiger partial charge in [0, 0.05) is 13.1 Å². The Hall–Kier alpha value is -2.29. The van der Waals surface area contributed by atoms with Crippen LogP contribution in [-0.2, 0) is 13.1 Å². The van der Waals surface area contributed by atoms with E-state index in [4.69, 9.17) is 0 Å². The van der Waals surface area contributed by atoms with Crippen LogP contribution in [0.3, 0.4) is 0 Å². The van der Waals surface area contributed by atoms with Crippen molar-refractivity contribution in [3.05, 3.63) is 22.5 Å². The summed E-state index contributed by atoms with van der Waals surface area (Å²) in [4.78, 5) is 12.6. The molecular weight excluding hydrogens is 302 g/mol. The van der Waals surface area contributed by atoms with Gasteiger partial charge in [-0.2, -0.15) is 10.2 Å². The van der Waals surface area contributed by atoms with E-state index in [1.54, 1.807) is 6.92 Å². The van der Waals surface area contributed by atoms with Crippen molar-refractivity contribution in [1.29, 1.82) is 0 Å². The minimum Gasteiger partial charge on any atom is -0.349 e. The van der Waals surface area contributed by atoms with Gasteiger partial charge in [0.1, 0.15) is 15.9 Å². The highest BCUT2D eigenvalue weighted by molar-refractivity contribution is 7.07. The molecule has 0 aliphatic carbocycles. The van der Waals surface area contributed by atoms with Gasteiger partial charge in [-0.25, -0.2) is 0 Å². The minimum atomic E-state index is -0.142.